The molecule has 3 heterocycles. The zero-order chi connectivity index (χ0) is 13.8. The summed E-state index contributed by atoms with van der Waals surface area (Å²) in [4.78, 5) is 1.24. The highest BCUT2D eigenvalue weighted by atomic mass is 32.1. The number of nitrogens with one attached hydrogen (secondary N) is 2. The van der Waals surface area contributed by atoms with Crippen LogP contribution < -0.4 is 5.32 Å². The third kappa shape index (κ3) is 3.17. The maximum Gasteiger partial charge on any atom is 0.0794 e. The van der Waals surface area contributed by atoms with Crippen LogP contribution in [-0.2, 0) is 13.0 Å². The van der Waals surface area contributed by atoms with E-state index in [2.05, 4.69) is 56.8 Å². The second-order valence-corrected chi connectivity index (χ2v) is 6.59. The van der Waals surface area contributed by atoms with Gasteiger partial charge < -0.3 is 5.32 Å². The minimum absolute atomic E-state index is 0.454. The van der Waals surface area contributed by atoms with E-state index in [1.54, 1.807) is 22.7 Å². The Morgan fingerprint density at radius 2 is 2.30 bits per heavy atom. The monoisotopic (exact) mass is 303 g/mol. The molecule has 0 saturated heterocycles. The average Bonchev–Trinajstić information content (AvgIpc) is 3.18. The van der Waals surface area contributed by atoms with Gasteiger partial charge in [-0.1, -0.05) is 6.07 Å². The summed E-state index contributed by atoms with van der Waals surface area (Å²) >= 11 is 3.49. The van der Waals surface area contributed by atoms with Gasteiger partial charge in [0.15, 0.2) is 0 Å². The van der Waals surface area contributed by atoms with Crippen molar-refractivity contribution in [3.8, 4) is 10.6 Å². The molecule has 0 aromatic carbocycles. The Labute approximate surface area is 126 Å². The first-order valence-electron chi connectivity index (χ1n) is 6.63. The summed E-state index contributed by atoms with van der Waals surface area (Å²) < 4.78 is 0. The van der Waals surface area contributed by atoms with E-state index >= 15 is 0 Å². The fraction of sp³-hybridized carbons (Fsp3) is 0.267. The summed E-state index contributed by atoms with van der Waals surface area (Å²) in [5.41, 5.74) is 3.76. The largest absolute Gasteiger partial charge is 0.310 e. The van der Waals surface area contributed by atoms with Crippen LogP contribution >= 0.6 is 22.7 Å². The van der Waals surface area contributed by atoms with Gasteiger partial charge in [-0.25, -0.2) is 0 Å². The Morgan fingerprint density at radius 3 is 3.05 bits per heavy atom. The summed E-state index contributed by atoms with van der Waals surface area (Å²) in [5, 5.41) is 17.3. The maximum atomic E-state index is 4.18. The molecule has 2 N–H and O–H groups in total. The van der Waals surface area contributed by atoms with Crippen LogP contribution in [0, 0.1) is 0 Å². The van der Waals surface area contributed by atoms with E-state index in [-0.39, 0.29) is 0 Å². The molecule has 0 aliphatic heterocycles. The van der Waals surface area contributed by atoms with E-state index in [1.807, 2.05) is 6.20 Å². The van der Waals surface area contributed by atoms with Gasteiger partial charge in [0.2, 0.25) is 0 Å². The number of H-pyrrole nitrogens is 1. The molecular formula is C15H17N3S2. The molecule has 0 aliphatic carbocycles. The Hall–Kier alpha value is -1.43. The van der Waals surface area contributed by atoms with Gasteiger partial charge in [0.05, 0.1) is 16.8 Å². The molecule has 1 unspecified atom stereocenters. The van der Waals surface area contributed by atoms with Crippen molar-refractivity contribution in [2.75, 3.05) is 0 Å². The molecule has 20 heavy (non-hydrogen) atoms. The van der Waals surface area contributed by atoms with Crippen LogP contribution in [0.4, 0.5) is 0 Å². The SMILES string of the molecule is CC(Cc1ccsc1)NCc1cn[nH]c1-c1cccs1. The molecule has 0 spiro atoms. The summed E-state index contributed by atoms with van der Waals surface area (Å²) in [6, 6.07) is 6.83. The fourth-order valence-corrected chi connectivity index (χ4v) is 3.63. The van der Waals surface area contributed by atoms with Crippen molar-refractivity contribution >= 4 is 22.7 Å². The second kappa shape index (κ2) is 6.35. The van der Waals surface area contributed by atoms with Gasteiger partial charge in [0.1, 0.15) is 0 Å². The van der Waals surface area contributed by atoms with Gasteiger partial charge in [0.25, 0.3) is 0 Å². The Morgan fingerprint density at radius 1 is 1.35 bits per heavy atom. The van der Waals surface area contributed by atoms with E-state index in [0.29, 0.717) is 6.04 Å². The highest BCUT2D eigenvalue weighted by Gasteiger charge is 2.10. The van der Waals surface area contributed by atoms with Crippen LogP contribution in [0.15, 0.2) is 40.5 Å². The summed E-state index contributed by atoms with van der Waals surface area (Å²) in [5.74, 6) is 0. The van der Waals surface area contributed by atoms with E-state index < -0.39 is 0 Å². The highest BCUT2D eigenvalue weighted by Crippen LogP contribution is 2.25. The van der Waals surface area contributed by atoms with E-state index in [9.17, 15) is 0 Å². The van der Waals surface area contributed by atoms with Gasteiger partial charge in [-0.2, -0.15) is 16.4 Å². The van der Waals surface area contributed by atoms with Gasteiger partial charge in [-0.05, 0) is 47.2 Å². The summed E-state index contributed by atoms with van der Waals surface area (Å²) in [6.45, 7) is 3.07. The van der Waals surface area contributed by atoms with Gasteiger partial charge >= 0.3 is 0 Å². The lowest BCUT2D eigenvalue weighted by Crippen LogP contribution is -2.27. The van der Waals surface area contributed by atoms with Gasteiger partial charge in [0, 0.05) is 18.2 Å². The number of nitrogens with zero attached hydrogens (tertiary/aromatic N) is 1. The zero-order valence-electron chi connectivity index (χ0n) is 11.3. The van der Waals surface area contributed by atoms with Crippen LogP contribution in [0.5, 0.6) is 0 Å². The van der Waals surface area contributed by atoms with Crippen LogP contribution in [-0.4, -0.2) is 16.2 Å². The van der Waals surface area contributed by atoms with E-state index in [1.165, 1.54) is 16.0 Å². The predicted molar refractivity (Wildman–Crippen MR) is 86.2 cm³/mol. The molecule has 3 aromatic heterocycles. The van der Waals surface area contributed by atoms with E-state index in [0.717, 1.165) is 18.7 Å². The highest BCUT2D eigenvalue weighted by molar-refractivity contribution is 7.13. The number of thiophene rings is 2. The molecule has 3 rings (SSSR count). The maximum absolute atomic E-state index is 4.18. The first-order chi connectivity index (χ1) is 9.83. The standard InChI is InChI=1S/C15H17N3S2/c1-11(7-12-4-6-19-10-12)16-8-13-9-17-18-15(13)14-3-2-5-20-14/h2-6,9-11,16H,7-8H2,1H3,(H,17,18). The molecule has 3 nitrogen and oxygen atoms in total. The molecule has 0 bridgehead atoms. The Kier molecular flexibility index (Phi) is 4.30. The summed E-state index contributed by atoms with van der Waals surface area (Å²) in [7, 11) is 0. The topological polar surface area (TPSA) is 40.7 Å². The molecule has 104 valence electrons. The normalized spacial score (nSPS) is 12.7. The van der Waals surface area contributed by atoms with Crippen LogP contribution in [0.2, 0.25) is 0 Å². The minimum atomic E-state index is 0.454. The first-order valence-corrected chi connectivity index (χ1v) is 8.46. The van der Waals surface area contributed by atoms with Crippen molar-refractivity contribution in [3.05, 3.63) is 51.7 Å². The number of aromatic amines is 1. The van der Waals surface area contributed by atoms with Crippen molar-refractivity contribution in [3.63, 3.8) is 0 Å². The van der Waals surface area contributed by atoms with Crippen LogP contribution in [0.1, 0.15) is 18.1 Å². The van der Waals surface area contributed by atoms with Crippen molar-refractivity contribution in [1.82, 2.24) is 15.5 Å². The number of aromatic nitrogens is 2. The molecular weight excluding hydrogens is 286 g/mol. The van der Waals surface area contributed by atoms with Crippen molar-refractivity contribution in [2.45, 2.75) is 25.9 Å². The third-order valence-electron chi connectivity index (χ3n) is 3.25. The summed E-state index contributed by atoms with van der Waals surface area (Å²) in [6.07, 6.45) is 2.98. The third-order valence-corrected chi connectivity index (χ3v) is 4.87. The quantitative estimate of drug-likeness (QED) is 0.724. The molecule has 0 fully saturated rings. The molecule has 0 amide bonds. The smallest absolute Gasteiger partial charge is 0.0794 e. The van der Waals surface area contributed by atoms with Crippen molar-refractivity contribution in [1.29, 1.82) is 0 Å². The van der Waals surface area contributed by atoms with E-state index in [4.69, 9.17) is 0 Å². The lowest BCUT2D eigenvalue weighted by molar-refractivity contribution is 0.546. The number of hydrogen-bond donors (Lipinski definition) is 2. The molecule has 0 aliphatic rings. The van der Waals surface area contributed by atoms with Crippen molar-refractivity contribution < 1.29 is 0 Å². The lowest BCUT2D eigenvalue weighted by atomic mass is 10.1. The Balaban J connectivity index is 1.60. The predicted octanol–water partition coefficient (Wildman–Crippen LogP) is 3.92. The van der Waals surface area contributed by atoms with Crippen molar-refractivity contribution in [2.24, 2.45) is 0 Å². The van der Waals surface area contributed by atoms with Gasteiger partial charge in [-0.3, -0.25) is 5.10 Å². The number of hydrogen-bond acceptors (Lipinski definition) is 4. The zero-order valence-corrected chi connectivity index (χ0v) is 12.9. The molecule has 3 aromatic rings. The minimum Gasteiger partial charge on any atom is -0.310 e. The average molecular weight is 303 g/mol. The number of rotatable bonds is 6. The second-order valence-electron chi connectivity index (χ2n) is 4.87. The molecule has 1 atom stereocenters. The van der Waals surface area contributed by atoms with Crippen LogP contribution in [0.25, 0.3) is 10.6 Å². The molecule has 0 saturated carbocycles. The van der Waals surface area contributed by atoms with Gasteiger partial charge in [-0.15, -0.1) is 11.3 Å². The first kappa shape index (κ1) is 13.5. The molecule has 0 radical (unpaired) electrons. The molecule has 5 heteroatoms. The Bertz CT molecular complexity index is 626. The van der Waals surface area contributed by atoms with Crippen LogP contribution in [0.3, 0.4) is 0 Å². The fourth-order valence-electron chi connectivity index (χ4n) is 2.20. The lowest BCUT2D eigenvalue weighted by Gasteiger charge is -2.12.